The average molecular weight is 193 g/mol. The number of fused-ring (bicyclic) bond motifs is 1. The summed E-state index contributed by atoms with van der Waals surface area (Å²) in [5, 5.41) is 12.0. The molecule has 0 fully saturated rings. The van der Waals surface area contributed by atoms with Crippen molar-refractivity contribution >= 4 is 27.1 Å². The van der Waals surface area contributed by atoms with Crippen LogP contribution in [0.3, 0.4) is 0 Å². The Kier molecular flexibility index (Phi) is 1.88. The zero-order chi connectivity index (χ0) is 9.42. The summed E-state index contributed by atoms with van der Waals surface area (Å²) < 4.78 is 1.06. The molecule has 0 atom stereocenters. The maximum Gasteiger partial charge on any atom is 0.136 e. The summed E-state index contributed by atoms with van der Waals surface area (Å²) >= 11 is 1.53. The molecule has 0 aliphatic carbocycles. The summed E-state index contributed by atoms with van der Waals surface area (Å²) in [7, 11) is 0. The molecule has 1 aromatic carbocycles. The van der Waals surface area contributed by atoms with Gasteiger partial charge in [-0.1, -0.05) is 6.92 Å². The largest absolute Gasteiger partial charge is 0.506 e. The summed E-state index contributed by atoms with van der Waals surface area (Å²) in [4.78, 5) is 0. The van der Waals surface area contributed by atoms with Crippen LogP contribution in [0.4, 0.5) is 5.69 Å². The van der Waals surface area contributed by atoms with Gasteiger partial charge in [-0.2, -0.15) is 0 Å². The molecular weight excluding hydrogens is 182 g/mol. The van der Waals surface area contributed by atoms with Gasteiger partial charge in [0, 0.05) is 15.8 Å². The van der Waals surface area contributed by atoms with Crippen LogP contribution in [0.5, 0.6) is 5.75 Å². The van der Waals surface area contributed by atoms with E-state index in [1.807, 2.05) is 6.07 Å². The van der Waals surface area contributed by atoms with Gasteiger partial charge in [-0.15, -0.1) is 11.3 Å². The molecule has 2 nitrogen and oxygen atoms in total. The van der Waals surface area contributed by atoms with Crippen molar-refractivity contribution in [2.24, 2.45) is 0 Å². The molecule has 0 unspecified atom stereocenters. The summed E-state index contributed by atoms with van der Waals surface area (Å²) in [6.07, 6.45) is 0.971. The molecule has 0 saturated carbocycles. The minimum Gasteiger partial charge on any atom is -0.506 e. The van der Waals surface area contributed by atoms with E-state index in [1.165, 1.54) is 16.9 Å². The van der Waals surface area contributed by atoms with Crippen LogP contribution in [0, 0.1) is 0 Å². The van der Waals surface area contributed by atoms with Gasteiger partial charge in [-0.05, 0) is 24.1 Å². The fraction of sp³-hybridized carbons (Fsp3) is 0.200. The molecule has 0 aliphatic rings. The van der Waals surface area contributed by atoms with Gasteiger partial charge in [0.05, 0.1) is 5.39 Å². The average Bonchev–Trinajstić information content (AvgIpc) is 2.48. The second kappa shape index (κ2) is 2.92. The lowest BCUT2D eigenvalue weighted by molar-refractivity contribution is 0.484. The number of nitrogens with two attached hydrogens (primary N) is 1. The highest BCUT2D eigenvalue weighted by Crippen LogP contribution is 2.36. The Morgan fingerprint density at radius 2 is 2.23 bits per heavy atom. The number of nitrogen functional groups attached to an aromatic ring is 1. The number of aromatic hydroxyl groups is 1. The summed E-state index contributed by atoms with van der Waals surface area (Å²) in [6, 6.07) is 4.00. The van der Waals surface area contributed by atoms with Crippen molar-refractivity contribution < 1.29 is 5.11 Å². The summed E-state index contributed by atoms with van der Waals surface area (Å²) in [5.74, 6) is 0.292. The minimum atomic E-state index is 0.292. The molecule has 0 bridgehead atoms. The van der Waals surface area contributed by atoms with E-state index in [0.29, 0.717) is 11.4 Å². The fourth-order valence-corrected chi connectivity index (χ4v) is 2.36. The Balaban J connectivity index is 2.79. The van der Waals surface area contributed by atoms with Gasteiger partial charge < -0.3 is 10.8 Å². The smallest absolute Gasteiger partial charge is 0.136 e. The highest BCUT2D eigenvalue weighted by atomic mass is 32.1. The molecule has 0 saturated heterocycles. The molecule has 13 heavy (non-hydrogen) atoms. The summed E-state index contributed by atoms with van der Waals surface area (Å²) in [6.45, 7) is 2.09. The highest BCUT2D eigenvalue weighted by molar-refractivity contribution is 7.17. The molecular formula is C10H11NOS. The highest BCUT2D eigenvalue weighted by Gasteiger charge is 2.06. The molecule has 0 spiro atoms. The second-order valence-electron chi connectivity index (χ2n) is 3.03. The molecule has 2 aromatic rings. The van der Waals surface area contributed by atoms with Crippen LogP contribution in [0.2, 0.25) is 0 Å². The Labute approximate surface area is 80.6 Å². The van der Waals surface area contributed by atoms with E-state index in [0.717, 1.165) is 16.5 Å². The van der Waals surface area contributed by atoms with Crippen molar-refractivity contribution in [2.75, 3.05) is 5.73 Å². The van der Waals surface area contributed by atoms with Crippen molar-refractivity contribution in [1.82, 2.24) is 0 Å². The number of hydrogen-bond acceptors (Lipinski definition) is 3. The van der Waals surface area contributed by atoms with E-state index >= 15 is 0 Å². The number of anilines is 1. The first-order valence-electron chi connectivity index (χ1n) is 4.21. The van der Waals surface area contributed by atoms with Gasteiger partial charge in [0.1, 0.15) is 5.75 Å². The maximum atomic E-state index is 9.49. The number of thiophene rings is 1. The molecule has 1 aromatic heterocycles. The van der Waals surface area contributed by atoms with Crippen molar-refractivity contribution in [1.29, 1.82) is 0 Å². The zero-order valence-electron chi connectivity index (χ0n) is 7.37. The van der Waals surface area contributed by atoms with Crippen LogP contribution in [-0.2, 0) is 6.42 Å². The minimum absolute atomic E-state index is 0.292. The zero-order valence-corrected chi connectivity index (χ0v) is 8.19. The third kappa shape index (κ3) is 1.25. The van der Waals surface area contributed by atoms with E-state index in [9.17, 15) is 5.11 Å². The van der Waals surface area contributed by atoms with E-state index < -0.39 is 0 Å². The first-order chi connectivity index (χ1) is 6.22. The van der Waals surface area contributed by atoms with Crippen LogP contribution < -0.4 is 5.73 Å². The predicted octanol–water partition coefficient (Wildman–Crippen LogP) is 2.75. The van der Waals surface area contributed by atoms with Crippen LogP contribution in [0.1, 0.15) is 12.5 Å². The molecule has 68 valence electrons. The molecule has 0 amide bonds. The summed E-state index contributed by atoms with van der Waals surface area (Å²) in [5.41, 5.74) is 7.71. The third-order valence-electron chi connectivity index (χ3n) is 2.15. The van der Waals surface area contributed by atoms with Gasteiger partial charge in [0.15, 0.2) is 0 Å². The molecule has 1 heterocycles. The van der Waals surface area contributed by atoms with Gasteiger partial charge in [0.25, 0.3) is 0 Å². The quantitative estimate of drug-likeness (QED) is 0.684. The monoisotopic (exact) mass is 193 g/mol. The standard InChI is InChI=1S/C10H11NOS/c1-2-6-3-7(11)10-8(12)5-13-9(10)4-6/h3-5,12H,2,11H2,1H3. The first-order valence-corrected chi connectivity index (χ1v) is 5.09. The lowest BCUT2D eigenvalue weighted by atomic mass is 10.1. The van der Waals surface area contributed by atoms with Crippen molar-refractivity contribution in [3.8, 4) is 5.75 Å². The Hall–Kier alpha value is -1.22. The number of benzene rings is 1. The number of hydrogen-bond donors (Lipinski definition) is 2. The number of rotatable bonds is 1. The third-order valence-corrected chi connectivity index (χ3v) is 3.07. The van der Waals surface area contributed by atoms with Crippen molar-refractivity contribution in [3.63, 3.8) is 0 Å². The van der Waals surface area contributed by atoms with Crippen LogP contribution in [0.15, 0.2) is 17.5 Å². The van der Waals surface area contributed by atoms with E-state index in [4.69, 9.17) is 5.73 Å². The van der Waals surface area contributed by atoms with Gasteiger partial charge in [-0.3, -0.25) is 0 Å². The Morgan fingerprint density at radius 1 is 1.46 bits per heavy atom. The molecule has 3 heteroatoms. The fourth-order valence-electron chi connectivity index (χ4n) is 1.45. The van der Waals surface area contributed by atoms with E-state index in [1.54, 1.807) is 5.38 Å². The van der Waals surface area contributed by atoms with Crippen LogP contribution >= 0.6 is 11.3 Å². The lowest BCUT2D eigenvalue weighted by Crippen LogP contribution is -1.88. The molecule has 3 N–H and O–H groups in total. The molecule has 0 radical (unpaired) electrons. The van der Waals surface area contributed by atoms with Gasteiger partial charge >= 0.3 is 0 Å². The van der Waals surface area contributed by atoms with Crippen LogP contribution in [-0.4, -0.2) is 5.11 Å². The van der Waals surface area contributed by atoms with Crippen molar-refractivity contribution in [2.45, 2.75) is 13.3 Å². The Morgan fingerprint density at radius 3 is 2.92 bits per heavy atom. The first kappa shape index (κ1) is 8.38. The topological polar surface area (TPSA) is 46.2 Å². The van der Waals surface area contributed by atoms with Gasteiger partial charge in [0.2, 0.25) is 0 Å². The SMILES string of the molecule is CCc1cc(N)c2c(O)csc2c1. The predicted molar refractivity (Wildman–Crippen MR) is 57.3 cm³/mol. The normalized spacial score (nSPS) is 10.8. The van der Waals surface area contributed by atoms with Gasteiger partial charge in [-0.25, -0.2) is 0 Å². The van der Waals surface area contributed by atoms with Crippen molar-refractivity contribution in [3.05, 3.63) is 23.1 Å². The number of aryl methyl sites for hydroxylation is 1. The van der Waals surface area contributed by atoms with E-state index in [-0.39, 0.29) is 0 Å². The lowest BCUT2D eigenvalue weighted by Gasteiger charge is -2.01. The van der Waals surface area contributed by atoms with E-state index in [2.05, 4.69) is 13.0 Å². The second-order valence-corrected chi connectivity index (χ2v) is 3.94. The molecule has 0 aliphatic heterocycles. The molecule has 2 rings (SSSR count). The van der Waals surface area contributed by atoms with Crippen LogP contribution in [0.25, 0.3) is 10.1 Å². The Bertz CT molecular complexity index is 447. The maximum absolute atomic E-state index is 9.49.